The van der Waals surface area contributed by atoms with Gasteiger partial charge in [0.25, 0.3) is 5.91 Å². The molecule has 1 amide bonds. The zero-order valence-corrected chi connectivity index (χ0v) is 18.5. The molecule has 0 bridgehead atoms. The third kappa shape index (κ3) is 3.53. The Bertz CT molecular complexity index is 997. The van der Waals surface area contributed by atoms with E-state index in [0.717, 1.165) is 35.0 Å². The van der Waals surface area contributed by atoms with E-state index in [9.17, 15) is 9.90 Å². The normalized spacial score (nSPS) is 25.3. The minimum absolute atomic E-state index is 0.00360. The first-order chi connectivity index (χ1) is 14.6. The number of hydrogen-bond acceptors (Lipinski definition) is 3. The first-order valence-electron chi connectivity index (χ1n) is 11.0. The molecule has 1 fully saturated rings. The summed E-state index contributed by atoms with van der Waals surface area (Å²) in [6.07, 6.45) is 11.2. The first kappa shape index (κ1) is 19.7. The summed E-state index contributed by atoms with van der Waals surface area (Å²) in [5.74, 6) is 0.847. The summed E-state index contributed by atoms with van der Waals surface area (Å²) in [7, 11) is 0. The summed E-state index contributed by atoms with van der Waals surface area (Å²) in [5, 5.41) is 17.5. The van der Waals surface area contributed by atoms with E-state index in [1.54, 1.807) is 6.07 Å². The van der Waals surface area contributed by atoms with Gasteiger partial charge in [0.1, 0.15) is 5.75 Å². The second kappa shape index (κ2) is 8.10. The predicted molar refractivity (Wildman–Crippen MR) is 123 cm³/mol. The van der Waals surface area contributed by atoms with Crippen molar-refractivity contribution in [2.24, 2.45) is 5.92 Å². The predicted octanol–water partition coefficient (Wildman–Crippen LogP) is 6.04. The van der Waals surface area contributed by atoms with Crippen LogP contribution in [0.3, 0.4) is 0 Å². The molecule has 3 N–H and O–H groups in total. The molecule has 2 aliphatic carbocycles. The van der Waals surface area contributed by atoms with E-state index in [1.807, 2.05) is 24.3 Å². The Morgan fingerprint density at radius 3 is 2.77 bits per heavy atom. The molecule has 0 aromatic heterocycles. The van der Waals surface area contributed by atoms with Crippen LogP contribution >= 0.6 is 15.9 Å². The van der Waals surface area contributed by atoms with Gasteiger partial charge in [-0.25, -0.2) is 0 Å². The van der Waals surface area contributed by atoms with Crippen molar-refractivity contribution in [3.63, 3.8) is 0 Å². The Balaban J connectivity index is 1.51. The highest BCUT2D eigenvalue weighted by molar-refractivity contribution is 9.10. The van der Waals surface area contributed by atoms with Crippen LogP contribution in [0.1, 0.15) is 72.0 Å². The van der Waals surface area contributed by atoms with Gasteiger partial charge in [-0.15, -0.1) is 0 Å². The summed E-state index contributed by atoms with van der Waals surface area (Å²) in [6, 6.07) is 11.8. The monoisotopic (exact) mass is 466 g/mol. The van der Waals surface area contributed by atoms with Gasteiger partial charge in [0.2, 0.25) is 0 Å². The summed E-state index contributed by atoms with van der Waals surface area (Å²) >= 11 is 3.54. The van der Waals surface area contributed by atoms with Crippen molar-refractivity contribution in [1.82, 2.24) is 5.32 Å². The molecule has 0 saturated heterocycles. The van der Waals surface area contributed by atoms with Crippen molar-refractivity contribution in [1.29, 1.82) is 0 Å². The lowest BCUT2D eigenvalue weighted by atomic mass is 9.76. The van der Waals surface area contributed by atoms with Gasteiger partial charge < -0.3 is 15.7 Å². The lowest BCUT2D eigenvalue weighted by molar-refractivity contribution is 0.0928. The molecule has 3 unspecified atom stereocenters. The molecule has 0 spiro atoms. The van der Waals surface area contributed by atoms with Crippen LogP contribution in [0, 0.1) is 5.92 Å². The number of phenols is 1. The zero-order chi connectivity index (χ0) is 20.7. The Morgan fingerprint density at radius 2 is 1.93 bits per heavy atom. The van der Waals surface area contributed by atoms with Crippen LogP contribution in [0.15, 0.2) is 53.0 Å². The van der Waals surface area contributed by atoms with Gasteiger partial charge in [0.15, 0.2) is 0 Å². The van der Waals surface area contributed by atoms with Crippen molar-refractivity contribution in [3.8, 4) is 5.75 Å². The highest BCUT2D eigenvalue weighted by atomic mass is 79.9. The van der Waals surface area contributed by atoms with E-state index in [2.05, 4.69) is 44.8 Å². The van der Waals surface area contributed by atoms with Crippen molar-refractivity contribution in [2.45, 2.75) is 56.5 Å². The van der Waals surface area contributed by atoms with Gasteiger partial charge >= 0.3 is 0 Å². The van der Waals surface area contributed by atoms with E-state index >= 15 is 0 Å². The summed E-state index contributed by atoms with van der Waals surface area (Å²) in [6.45, 7) is 0. The molecule has 2 aromatic carbocycles. The molecule has 3 aliphatic rings. The fourth-order valence-corrected chi connectivity index (χ4v) is 5.78. The van der Waals surface area contributed by atoms with Gasteiger partial charge in [-0.1, -0.05) is 59.5 Å². The number of allylic oxidation sites excluding steroid dienone is 2. The average molecular weight is 467 g/mol. The van der Waals surface area contributed by atoms with Crippen LogP contribution < -0.4 is 10.6 Å². The smallest absolute Gasteiger partial charge is 0.253 e. The summed E-state index contributed by atoms with van der Waals surface area (Å²) in [4.78, 5) is 13.2. The summed E-state index contributed by atoms with van der Waals surface area (Å²) in [5.41, 5.74) is 3.66. The molecule has 1 aliphatic heterocycles. The number of fused-ring (bicyclic) bond motifs is 3. The fourth-order valence-electron chi connectivity index (χ4n) is 5.40. The number of hydrogen-bond donors (Lipinski definition) is 3. The maximum Gasteiger partial charge on any atom is 0.253 e. The van der Waals surface area contributed by atoms with Crippen LogP contribution in [-0.4, -0.2) is 17.1 Å². The molecule has 5 heteroatoms. The molecule has 30 heavy (non-hydrogen) atoms. The Kier molecular flexibility index (Phi) is 5.32. The van der Waals surface area contributed by atoms with Gasteiger partial charge in [0.05, 0.1) is 17.3 Å². The second-order valence-corrected chi connectivity index (χ2v) is 9.67. The van der Waals surface area contributed by atoms with E-state index in [-0.39, 0.29) is 29.7 Å². The largest absolute Gasteiger partial charge is 0.508 e. The maximum atomic E-state index is 13.2. The molecular weight excluding hydrogens is 440 g/mol. The van der Waals surface area contributed by atoms with E-state index in [0.29, 0.717) is 11.5 Å². The van der Waals surface area contributed by atoms with Crippen LogP contribution in [-0.2, 0) is 0 Å². The molecule has 2 aromatic rings. The third-order valence-electron chi connectivity index (χ3n) is 6.91. The van der Waals surface area contributed by atoms with Crippen molar-refractivity contribution < 1.29 is 9.90 Å². The second-order valence-electron chi connectivity index (χ2n) is 8.76. The average Bonchev–Trinajstić information content (AvgIpc) is 3.25. The highest BCUT2D eigenvalue weighted by Crippen LogP contribution is 2.52. The zero-order valence-electron chi connectivity index (χ0n) is 16.9. The minimum atomic E-state index is -0.0568. The van der Waals surface area contributed by atoms with Crippen LogP contribution in [0.5, 0.6) is 5.75 Å². The summed E-state index contributed by atoms with van der Waals surface area (Å²) < 4.78 is 0.939. The quantitative estimate of drug-likeness (QED) is 0.482. The number of nitrogens with one attached hydrogen (secondary N) is 2. The number of carbonyl (C=O) groups excluding carboxylic acids is 1. The molecule has 1 saturated carbocycles. The number of anilines is 1. The van der Waals surface area contributed by atoms with E-state index in [4.69, 9.17) is 0 Å². The lowest BCUT2D eigenvalue weighted by Gasteiger charge is -2.38. The van der Waals surface area contributed by atoms with Crippen LogP contribution in [0.2, 0.25) is 0 Å². The van der Waals surface area contributed by atoms with Crippen LogP contribution in [0.4, 0.5) is 5.69 Å². The minimum Gasteiger partial charge on any atom is -0.508 e. The van der Waals surface area contributed by atoms with Crippen molar-refractivity contribution in [3.05, 3.63) is 69.7 Å². The highest BCUT2D eigenvalue weighted by Gasteiger charge is 2.40. The van der Waals surface area contributed by atoms with Gasteiger partial charge in [0, 0.05) is 22.0 Å². The number of halogens is 1. The number of para-hydroxylation sites is 1. The molecule has 156 valence electrons. The van der Waals surface area contributed by atoms with Crippen molar-refractivity contribution in [2.75, 3.05) is 5.32 Å². The molecule has 1 heterocycles. The van der Waals surface area contributed by atoms with Gasteiger partial charge in [-0.3, -0.25) is 4.79 Å². The molecule has 5 rings (SSSR count). The van der Waals surface area contributed by atoms with E-state index < -0.39 is 0 Å². The third-order valence-corrected chi connectivity index (χ3v) is 7.40. The number of rotatable bonds is 3. The molecule has 0 radical (unpaired) electrons. The molecule has 4 nitrogen and oxygen atoms in total. The SMILES string of the molecule is O=C(NC1CCCCC1)c1cccc2c1NC(c1cc(Br)ccc1O)C1CC=CC21. The number of phenolic OH excluding ortho intramolecular Hbond substituents is 1. The Morgan fingerprint density at radius 1 is 1.10 bits per heavy atom. The number of amides is 1. The number of carbonyl (C=O) groups is 1. The number of aromatic hydroxyl groups is 1. The van der Waals surface area contributed by atoms with Crippen LogP contribution in [0.25, 0.3) is 0 Å². The van der Waals surface area contributed by atoms with E-state index in [1.165, 1.54) is 24.8 Å². The number of benzene rings is 2. The van der Waals surface area contributed by atoms with Gasteiger partial charge in [-0.05, 0) is 55.0 Å². The Labute approximate surface area is 185 Å². The Hall–Kier alpha value is -2.27. The topological polar surface area (TPSA) is 61.4 Å². The lowest BCUT2D eigenvalue weighted by Crippen LogP contribution is -2.37. The fraction of sp³-hybridized carbons (Fsp3) is 0.400. The first-order valence-corrected chi connectivity index (χ1v) is 11.8. The van der Waals surface area contributed by atoms with Crippen molar-refractivity contribution >= 4 is 27.5 Å². The molecular formula is C25H27BrN2O2. The molecule has 3 atom stereocenters. The van der Waals surface area contributed by atoms with Gasteiger partial charge in [-0.2, -0.15) is 0 Å². The maximum absolute atomic E-state index is 13.2. The standard InChI is InChI=1S/C25H27BrN2O2/c26-15-12-13-22(29)21(14-15)24-19-9-4-8-17(19)18-10-5-11-20(23(18)28-24)25(30)27-16-6-2-1-3-7-16/h4-5,8,10-14,16-17,19,24,28-29H,1-3,6-7,9H2,(H,27,30).